The van der Waals surface area contributed by atoms with Crippen LogP contribution in [-0.2, 0) is 14.4 Å². The van der Waals surface area contributed by atoms with Crippen LogP contribution in [0.4, 0.5) is 4.79 Å². The van der Waals surface area contributed by atoms with Gasteiger partial charge in [0.1, 0.15) is 5.41 Å². The molecule has 1 aromatic heterocycles. The number of nitrogens with one attached hydrogen (secondary N) is 1. The average molecular weight is 383 g/mol. The van der Waals surface area contributed by atoms with E-state index in [4.69, 9.17) is 0 Å². The van der Waals surface area contributed by atoms with E-state index in [9.17, 15) is 19.2 Å². The number of hydrogen-bond acceptors (Lipinski definition) is 6. The van der Waals surface area contributed by atoms with Crippen LogP contribution in [0.1, 0.15) is 18.4 Å². The molecule has 0 aromatic carbocycles. The topological polar surface area (TPSA) is 96.4 Å². The summed E-state index contributed by atoms with van der Waals surface area (Å²) in [5.74, 6) is 0.0130. The van der Waals surface area contributed by atoms with E-state index in [0.29, 0.717) is 4.91 Å². The summed E-state index contributed by atoms with van der Waals surface area (Å²) in [6.07, 6.45) is 6.57. The van der Waals surface area contributed by atoms with Gasteiger partial charge < -0.3 is 5.32 Å². The van der Waals surface area contributed by atoms with Gasteiger partial charge in [-0.25, -0.2) is 0 Å². The predicted molar refractivity (Wildman–Crippen MR) is 97.1 cm³/mol. The fraction of sp³-hybridized carbons (Fsp3) is 0.421. The maximum Gasteiger partial charge on any atom is 0.293 e. The Balaban J connectivity index is 1.20. The molecule has 8 heteroatoms. The van der Waals surface area contributed by atoms with Crippen molar-refractivity contribution in [1.29, 1.82) is 0 Å². The third kappa shape index (κ3) is 2.25. The third-order valence-corrected chi connectivity index (χ3v) is 7.16. The Kier molecular flexibility index (Phi) is 3.56. The monoisotopic (exact) mass is 383 g/mol. The van der Waals surface area contributed by atoms with Crippen molar-refractivity contribution in [3.05, 3.63) is 35.0 Å². The highest BCUT2D eigenvalue weighted by Crippen LogP contribution is 2.77. The lowest BCUT2D eigenvalue weighted by molar-refractivity contribution is -0.135. The van der Waals surface area contributed by atoms with Crippen molar-refractivity contribution >= 4 is 40.7 Å². The number of thioether (sulfide) groups is 1. The van der Waals surface area contributed by atoms with Crippen LogP contribution >= 0.6 is 11.8 Å². The Morgan fingerprint density at radius 2 is 2.11 bits per heavy atom. The normalized spacial score (nSPS) is 34.7. The van der Waals surface area contributed by atoms with Gasteiger partial charge in [0.25, 0.3) is 11.1 Å². The molecule has 4 saturated carbocycles. The molecule has 4 bridgehead atoms. The molecular formula is C19H17N3O4S. The lowest BCUT2D eigenvalue weighted by Gasteiger charge is -2.15. The largest absolute Gasteiger partial charge is 0.353 e. The Morgan fingerprint density at radius 1 is 1.33 bits per heavy atom. The zero-order valence-corrected chi connectivity index (χ0v) is 15.2. The molecule has 1 aromatic rings. The van der Waals surface area contributed by atoms with Crippen LogP contribution in [-0.4, -0.2) is 45.8 Å². The summed E-state index contributed by atoms with van der Waals surface area (Å²) in [6.45, 7) is 0.264. The molecule has 138 valence electrons. The number of Topliss-reactive ketones (excluding diaryl/α,β-unsaturated/α-hetero) is 1. The number of pyridine rings is 1. The number of imide groups is 1. The van der Waals surface area contributed by atoms with E-state index >= 15 is 0 Å². The lowest BCUT2D eigenvalue weighted by Crippen LogP contribution is -2.42. The van der Waals surface area contributed by atoms with E-state index < -0.39 is 5.41 Å². The summed E-state index contributed by atoms with van der Waals surface area (Å²) < 4.78 is 0. The highest BCUT2D eigenvalue weighted by atomic mass is 32.2. The zero-order chi connectivity index (χ0) is 18.8. The van der Waals surface area contributed by atoms with Gasteiger partial charge in [-0.1, -0.05) is 6.07 Å². The van der Waals surface area contributed by atoms with Gasteiger partial charge in [0.15, 0.2) is 5.78 Å². The van der Waals surface area contributed by atoms with Crippen LogP contribution in [0, 0.1) is 23.2 Å². The molecule has 0 spiro atoms. The minimum atomic E-state index is -0.788. The lowest BCUT2D eigenvalue weighted by atomic mass is 10.0. The number of nitrogens with zero attached hydrogens (tertiary/aromatic N) is 2. The number of carbonyl (C=O) groups excluding carboxylic acids is 4. The number of aromatic nitrogens is 1. The van der Waals surface area contributed by atoms with Gasteiger partial charge in [0.05, 0.1) is 4.91 Å². The van der Waals surface area contributed by atoms with Crippen molar-refractivity contribution < 1.29 is 19.2 Å². The molecule has 0 radical (unpaired) electrons. The second-order valence-electron chi connectivity index (χ2n) is 7.49. The van der Waals surface area contributed by atoms with Crippen molar-refractivity contribution in [2.75, 3.05) is 13.1 Å². The SMILES string of the molecule is O=C1S/C(=C/c2cccnc2)C(=O)N1CCNC(=O)C12C(=O)C3CC1C2C3. The predicted octanol–water partition coefficient (Wildman–Crippen LogP) is 1.46. The van der Waals surface area contributed by atoms with Gasteiger partial charge in [-0.15, -0.1) is 0 Å². The standard InChI is InChI=1S/C19H17N3O4S/c23-15-11-7-12-13(8-11)19(12,15)17(25)21-4-5-22-16(24)14(27-18(22)26)6-10-2-1-3-20-9-10/h1-3,6,9,11-13H,4-5,7-8H2,(H,21,25)/b14-6+. The van der Waals surface area contributed by atoms with Gasteiger partial charge in [-0.05, 0) is 54.1 Å². The molecule has 6 rings (SSSR count). The van der Waals surface area contributed by atoms with Crippen LogP contribution in [0.25, 0.3) is 6.08 Å². The molecule has 3 amide bonds. The molecular weight excluding hydrogens is 366 g/mol. The average Bonchev–Trinajstić information content (AvgIpc) is 3.02. The van der Waals surface area contributed by atoms with Gasteiger partial charge >= 0.3 is 0 Å². The van der Waals surface area contributed by atoms with E-state index in [1.165, 1.54) is 0 Å². The summed E-state index contributed by atoms with van der Waals surface area (Å²) in [5, 5.41) is 2.43. The molecule has 5 fully saturated rings. The van der Waals surface area contributed by atoms with E-state index in [0.717, 1.165) is 35.1 Å². The third-order valence-electron chi connectivity index (χ3n) is 6.25. The number of hydrogen-bond donors (Lipinski definition) is 1. The summed E-state index contributed by atoms with van der Waals surface area (Å²) in [7, 11) is 0. The van der Waals surface area contributed by atoms with Crippen LogP contribution in [0.3, 0.4) is 0 Å². The molecule has 5 aliphatic rings. The van der Waals surface area contributed by atoms with Crippen LogP contribution < -0.4 is 5.32 Å². The maximum atomic E-state index is 12.6. The first-order valence-electron chi connectivity index (χ1n) is 9.01. The molecule has 4 aliphatic carbocycles. The first kappa shape index (κ1) is 16.7. The number of carbonyl (C=O) groups is 4. The first-order valence-corrected chi connectivity index (χ1v) is 9.83. The van der Waals surface area contributed by atoms with Gasteiger partial charge in [0.2, 0.25) is 5.91 Å². The molecule has 2 atom stereocenters. The van der Waals surface area contributed by atoms with Gasteiger partial charge in [0, 0.05) is 31.4 Å². The maximum absolute atomic E-state index is 12.6. The van der Waals surface area contributed by atoms with Gasteiger partial charge in [-0.2, -0.15) is 0 Å². The minimum absolute atomic E-state index is 0.0732. The number of rotatable bonds is 5. The van der Waals surface area contributed by atoms with E-state index in [1.807, 2.05) is 0 Å². The molecule has 2 unspecified atom stereocenters. The first-order chi connectivity index (χ1) is 13.0. The Labute approximate surface area is 159 Å². The van der Waals surface area contributed by atoms with Crippen LogP contribution in [0.15, 0.2) is 29.4 Å². The number of amides is 3. The quantitative estimate of drug-likeness (QED) is 0.611. The summed E-state index contributed by atoms with van der Waals surface area (Å²) in [5.41, 5.74) is -0.0435. The van der Waals surface area contributed by atoms with Crippen molar-refractivity contribution in [1.82, 2.24) is 15.2 Å². The molecule has 2 heterocycles. The highest BCUT2D eigenvalue weighted by Gasteiger charge is 2.83. The molecule has 1 aliphatic heterocycles. The van der Waals surface area contributed by atoms with E-state index in [1.54, 1.807) is 30.6 Å². The van der Waals surface area contributed by atoms with E-state index in [2.05, 4.69) is 10.3 Å². The van der Waals surface area contributed by atoms with Crippen LogP contribution in [0.2, 0.25) is 0 Å². The Morgan fingerprint density at radius 3 is 2.74 bits per heavy atom. The number of ketones is 1. The smallest absolute Gasteiger partial charge is 0.293 e. The molecule has 1 saturated heterocycles. The highest BCUT2D eigenvalue weighted by molar-refractivity contribution is 8.18. The molecule has 1 N–H and O–H groups in total. The second-order valence-corrected chi connectivity index (χ2v) is 8.48. The fourth-order valence-electron chi connectivity index (χ4n) is 5.05. The Hall–Kier alpha value is -2.48. The molecule has 27 heavy (non-hydrogen) atoms. The van der Waals surface area contributed by atoms with Crippen molar-refractivity contribution in [2.45, 2.75) is 12.8 Å². The second kappa shape index (κ2) is 5.76. The fourth-order valence-corrected chi connectivity index (χ4v) is 5.91. The van der Waals surface area contributed by atoms with E-state index in [-0.39, 0.29) is 53.7 Å². The minimum Gasteiger partial charge on any atom is -0.353 e. The Bertz CT molecular complexity index is 901. The van der Waals surface area contributed by atoms with Crippen molar-refractivity contribution in [3.63, 3.8) is 0 Å². The van der Waals surface area contributed by atoms with Gasteiger partial charge in [-0.3, -0.25) is 29.1 Å². The van der Waals surface area contributed by atoms with Crippen molar-refractivity contribution in [2.24, 2.45) is 23.2 Å². The summed E-state index contributed by atoms with van der Waals surface area (Å²) in [4.78, 5) is 54.9. The molecule has 7 nitrogen and oxygen atoms in total. The summed E-state index contributed by atoms with van der Waals surface area (Å²) >= 11 is 0.880. The van der Waals surface area contributed by atoms with Crippen LogP contribution in [0.5, 0.6) is 0 Å². The zero-order valence-electron chi connectivity index (χ0n) is 14.4. The summed E-state index contributed by atoms with van der Waals surface area (Å²) in [6, 6.07) is 3.56. The van der Waals surface area contributed by atoms with Crippen molar-refractivity contribution in [3.8, 4) is 0 Å².